The number of nitrogens with one attached hydrogen (secondary N) is 1. The average Bonchev–Trinajstić information content (AvgIpc) is 2.88. The summed E-state index contributed by atoms with van der Waals surface area (Å²) in [5.41, 5.74) is 0.239. The maximum Gasteiger partial charge on any atom is 0.254 e. The molecule has 2 unspecified atom stereocenters. The van der Waals surface area contributed by atoms with Gasteiger partial charge >= 0.3 is 0 Å². The van der Waals surface area contributed by atoms with E-state index < -0.39 is 5.82 Å². The summed E-state index contributed by atoms with van der Waals surface area (Å²) in [4.78, 5) is 39.1. The number of amides is 3. The normalized spacial score (nSPS) is 23.7. The van der Waals surface area contributed by atoms with E-state index in [-0.39, 0.29) is 41.9 Å². The van der Waals surface area contributed by atoms with E-state index >= 15 is 0 Å². The highest BCUT2D eigenvalue weighted by Gasteiger charge is 2.41. The van der Waals surface area contributed by atoms with Crippen molar-refractivity contribution in [3.63, 3.8) is 0 Å². The number of hydrogen-bond acceptors (Lipinski definition) is 3. The number of carbonyl (C=O) groups excluding carboxylic acids is 3. The van der Waals surface area contributed by atoms with Gasteiger partial charge in [-0.15, -0.1) is 0 Å². The monoisotopic (exact) mass is 319 g/mol. The van der Waals surface area contributed by atoms with Gasteiger partial charge in [0.1, 0.15) is 12.4 Å². The molecule has 2 aliphatic rings. The lowest BCUT2D eigenvalue weighted by atomic mass is 10.1. The van der Waals surface area contributed by atoms with Crippen molar-refractivity contribution >= 4 is 17.7 Å². The molecule has 2 atom stereocenters. The second-order valence-corrected chi connectivity index (χ2v) is 6.03. The first kappa shape index (κ1) is 15.5. The van der Waals surface area contributed by atoms with E-state index in [2.05, 4.69) is 5.32 Å². The minimum Gasteiger partial charge on any atom is -0.352 e. The maximum absolute atomic E-state index is 13.3. The minimum atomic E-state index is -0.479. The molecule has 3 rings (SSSR count). The number of fused-ring (bicyclic) bond motifs is 1. The predicted molar refractivity (Wildman–Crippen MR) is 80.0 cm³/mol. The SMILES string of the molecule is CC(=O)NC1CC2CN(C(=O)c3cccc(F)c3)CC(=O)N2C1. The van der Waals surface area contributed by atoms with Crippen LogP contribution in [0, 0.1) is 5.82 Å². The predicted octanol–water partition coefficient (Wildman–Crippen LogP) is 0.387. The van der Waals surface area contributed by atoms with Crippen molar-refractivity contribution in [1.29, 1.82) is 0 Å². The Morgan fingerprint density at radius 1 is 1.30 bits per heavy atom. The summed E-state index contributed by atoms with van der Waals surface area (Å²) < 4.78 is 13.3. The Hall–Kier alpha value is -2.44. The van der Waals surface area contributed by atoms with Gasteiger partial charge in [0.2, 0.25) is 11.8 Å². The van der Waals surface area contributed by atoms with E-state index in [9.17, 15) is 18.8 Å². The van der Waals surface area contributed by atoms with Gasteiger partial charge in [0.05, 0.1) is 6.04 Å². The number of carbonyl (C=O) groups is 3. The van der Waals surface area contributed by atoms with Crippen LogP contribution in [0.2, 0.25) is 0 Å². The van der Waals surface area contributed by atoms with Crippen molar-refractivity contribution in [2.45, 2.75) is 25.4 Å². The van der Waals surface area contributed by atoms with E-state index in [4.69, 9.17) is 0 Å². The Bertz CT molecular complexity index is 664. The van der Waals surface area contributed by atoms with Crippen molar-refractivity contribution in [3.05, 3.63) is 35.6 Å². The van der Waals surface area contributed by atoms with Gasteiger partial charge in [-0.25, -0.2) is 4.39 Å². The molecule has 2 aliphatic heterocycles. The number of nitrogens with zero attached hydrogens (tertiary/aromatic N) is 2. The number of rotatable bonds is 2. The van der Waals surface area contributed by atoms with Gasteiger partial charge < -0.3 is 15.1 Å². The second-order valence-electron chi connectivity index (χ2n) is 6.03. The summed E-state index contributed by atoms with van der Waals surface area (Å²) in [5.74, 6) is -1.10. The van der Waals surface area contributed by atoms with Crippen LogP contribution < -0.4 is 5.32 Å². The van der Waals surface area contributed by atoms with E-state index in [0.29, 0.717) is 19.5 Å². The molecule has 2 heterocycles. The Morgan fingerprint density at radius 2 is 2.09 bits per heavy atom. The van der Waals surface area contributed by atoms with Crippen LogP contribution in [0.1, 0.15) is 23.7 Å². The smallest absolute Gasteiger partial charge is 0.254 e. The molecule has 122 valence electrons. The molecule has 1 N–H and O–H groups in total. The summed E-state index contributed by atoms with van der Waals surface area (Å²) in [7, 11) is 0. The molecule has 3 amide bonds. The summed E-state index contributed by atoms with van der Waals surface area (Å²) in [6.07, 6.45) is 0.623. The summed E-state index contributed by atoms with van der Waals surface area (Å²) in [6.45, 7) is 2.31. The standard InChI is InChI=1S/C16H18FN3O3/c1-10(21)18-13-6-14-8-19(9-15(22)20(14)7-13)16(23)11-3-2-4-12(17)5-11/h2-5,13-14H,6-9H2,1H3,(H,18,21). The van der Waals surface area contributed by atoms with Crippen LogP contribution in [-0.2, 0) is 9.59 Å². The average molecular weight is 319 g/mol. The van der Waals surface area contributed by atoms with Gasteiger partial charge in [0.25, 0.3) is 5.91 Å². The van der Waals surface area contributed by atoms with E-state index in [1.54, 1.807) is 4.90 Å². The molecule has 2 saturated heterocycles. The van der Waals surface area contributed by atoms with Gasteiger partial charge in [0, 0.05) is 31.6 Å². The molecule has 7 heteroatoms. The maximum atomic E-state index is 13.3. The Kier molecular flexibility index (Phi) is 4.02. The van der Waals surface area contributed by atoms with Gasteiger partial charge in [-0.2, -0.15) is 0 Å². The highest BCUT2D eigenvalue weighted by Crippen LogP contribution is 2.24. The number of piperazine rings is 1. The zero-order valence-electron chi connectivity index (χ0n) is 12.8. The van der Waals surface area contributed by atoms with Crippen molar-refractivity contribution in [2.75, 3.05) is 19.6 Å². The van der Waals surface area contributed by atoms with Crippen molar-refractivity contribution < 1.29 is 18.8 Å². The highest BCUT2D eigenvalue weighted by molar-refractivity contribution is 5.97. The molecule has 6 nitrogen and oxygen atoms in total. The fraction of sp³-hybridized carbons (Fsp3) is 0.438. The molecular weight excluding hydrogens is 301 g/mol. The number of benzene rings is 1. The molecule has 0 spiro atoms. The molecular formula is C16H18FN3O3. The zero-order valence-corrected chi connectivity index (χ0v) is 12.8. The highest BCUT2D eigenvalue weighted by atomic mass is 19.1. The van der Waals surface area contributed by atoms with E-state index in [1.807, 2.05) is 0 Å². The first-order valence-corrected chi connectivity index (χ1v) is 7.55. The lowest BCUT2D eigenvalue weighted by molar-refractivity contribution is -0.136. The largest absolute Gasteiger partial charge is 0.352 e. The van der Waals surface area contributed by atoms with Crippen LogP contribution in [0.4, 0.5) is 4.39 Å². The van der Waals surface area contributed by atoms with Crippen LogP contribution in [0.5, 0.6) is 0 Å². The van der Waals surface area contributed by atoms with Crippen LogP contribution in [-0.4, -0.2) is 59.2 Å². The summed E-state index contributed by atoms with van der Waals surface area (Å²) in [5, 5.41) is 2.82. The molecule has 0 aliphatic carbocycles. The van der Waals surface area contributed by atoms with Crippen molar-refractivity contribution in [1.82, 2.24) is 15.1 Å². The second kappa shape index (κ2) is 5.98. The van der Waals surface area contributed by atoms with Gasteiger partial charge in [-0.05, 0) is 24.6 Å². The van der Waals surface area contributed by atoms with Crippen LogP contribution in [0.25, 0.3) is 0 Å². The number of hydrogen-bond donors (Lipinski definition) is 1. The molecule has 1 aromatic carbocycles. The summed E-state index contributed by atoms with van der Waals surface area (Å²) in [6, 6.07) is 5.28. The van der Waals surface area contributed by atoms with E-state index in [0.717, 1.165) is 0 Å². The molecule has 0 saturated carbocycles. The molecule has 2 fully saturated rings. The van der Waals surface area contributed by atoms with Gasteiger partial charge in [-0.1, -0.05) is 6.07 Å². The third-order valence-electron chi connectivity index (χ3n) is 4.26. The van der Waals surface area contributed by atoms with E-state index in [1.165, 1.54) is 36.1 Å². The molecule has 0 radical (unpaired) electrons. The first-order valence-electron chi connectivity index (χ1n) is 7.55. The lowest BCUT2D eigenvalue weighted by Gasteiger charge is -2.36. The summed E-state index contributed by atoms with van der Waals surface area (Å²) >= 11 is 0. The minimum absolute atomic E-state index is 0.0152. The Morgan fingerprint density at radius 3 is 2.78 bits per heavy atom. The van der Waals surface area contributed by atoms with Crippen LogP contribution in [0.3, 0.4) is 0 Å². The molecule has 23 heavy (non-hydrogen) atoms. The topological polar surface area (TPSA) is 69.7 Å². The Balaban J connectivity index is 1.72. The van der Waals surface area contributed by atoms with Crippen LogP contribution >= 0.6 is 0 Å². The third-order valence-corrected chi connectivity index (χ3v) is 4.26. The van der Waals surface area contributed by atoms with Gasteiger partial charge in [-0.3, -0.25) is 14.4 Å². The molecule has 1 aromatic rings. The van der Waals surface area contributed by atoms with Gasteiger partial charge in [0.15, 0.2) is 0 Å². The van der Waals surface area contributed by atoms with Crippen molar-refractivity contribution in [2.24, 2.45) is 0 Å². The zero-order chi connectivity index (χ0) is 16.6. The molecule has 0 aromatic heterocycles. The fourth-order valence-corrected chi connectivity index (χ4v) is 3.32. The lowest BCUT2D eigenvalue weighted by Crippen LogP contribution is -2.55. The Labute approximate surface area is 133 Å². The van der Waals surface area contributed by atoms with Crippen LogP contribution in [0.15, 0.2) is 24.3 Å². The first-order chi connectivity index (χ1) is 10.9. The fourth-order valence-electron chi connectivity index (χ4n) is 3.32. The molecule has 0 bridgehead atoms. The van der Waals surface area contributed by atoms with Crippen molar-refractivity contribution in [3.8, 4) is 0 Å². The quantitative estimate of drug-likeness (QED) is 0.857. The number of halogens is 1. The third kappa shape index (κ3) is 3.18.